The second kappa shape index (κ2) is 13.6. The number of hydrogen-bond donors (Lipinski definition) is 0. The third kappa shape index (κ3) is 5.94. The van der Waals surface area contributed by atoms with E-state index in [0.29, 0.717) is 5.82 Å². The van der Waals surface area contributed by atoms with Crippen LogP contribution in [-0.2, 0) is 0 Å². The minimum Gasteiger partial charge on any atom is -0.455 e. The van der Waals surface area contributed by atoms with Gasteiger partial charge in [-0.05, 0) is 92.0 Å². The molecular formula is C54H34N2O. The first kappa shape index (κ1) is 32.8. The summed E-state index contributed by atoms with van der Waals surface area (Å²) in [7, 11) is 0. The van der Waals surface area contributed by atoms with Gasteiger partial charge in [0.1, 0.15) is 11.2 Å². The molecule has 0 spiro atoms. The van der Waals surface area contributed by atoms with Crippen molar-refractivity contribution in [1.82, 2.24) is 9.97 Å². The minimum atomic E-state index is 0.707. The van der Waals surface area contributed by atoms with Gasteiger partial charge in [-0.3, -0.25) is 0 Å². The Morgan fingerprint density at radius 1 is 0.298 bits per heavy atom. The van der Waals surface area contributed by atoms with Gasteiger partial charge in [-0.1, -0.05) is 164 Å². The molecule has 0 atom stereocenters. The van der Waals surface area contributed by atoms with Crippen LogP contribution in [0.1, 0.15) is 0 Å². The molecule has 0 aliphatic heterocycles. The highest BCUT2D eigenvalue weighted by Gasteiger charge is 2.17. The highest BCUT2D eigenvalue weighted by molar-refractivity contribution is 6.19. The lowest BCUT2D eigenvalue weighted by Crippen LogP contribution is -1.96. The van der Waals surface area contributed by atoms with Gasteiger partial charge in [0.2, 0.25) is 0 Å². The Balaban J connectivity index is 1.00. The highest BCUT2D eigenvalue weighted by atomic mass is 16.3. The van der Waals surface area contributed by atoms with Gasteiger partial charge in [0, 0.05) is 32.8 Å². The molecule has 0 fully saturated rings. The molecule has 57 heavy (non-hydrogen) atoms. The number of nitrogens with zero attached hydrogens (tertiary/aromatic N) is 2. The van der Waals surface area contributed by atoms with E-state index in [4.69, 9.17) is 14.4 Å². The van der Waals surface area contributed by atoms with Crippen LogP contribution in [0.15, 0.2) is 211 Å². The maximum absolute atomic E-state index is 6.72. The highest BCUT2D eigenvalue weighted by Crippen LogP contribution is 2.42. The first-order chi connectivity index (χ1) is 28.2. The topological polar surface area (TPSA) is 38.9 Å². The van der Waals surface area contributed by atoms with E-state index < -0.39 is 0 Å². The zero-order valence-corrected chi connectivity index (χ0v) is 30.9. The molecule has 0 aliphatic rings. The smallest absolute Gasteiger partial charge is 0.160 e. The molecule has 3 heteroatoms. The zero-order chi connectivity index (χ0) is 37.7. The van der Waals surface area contributed by atoms with Gasteiger partial charge >= 0.3 is 0 Å². The van der Waals surface area contributed by atoms with Gasteiger partial charge in [0.15, 0.2) is 5.82 Å². The van der Waals surface area contributed by atoms with Crippen molar-refractivity contribution in [3.8, 4) is 67.3 Å². The standard InChI is InChI=1S/C54H34N2O/c1-3-14-36(15-4-1)50-34-51(56-54(55-50)37-16-5-2-6-17-37)44-22-12-20-40(31-44)39-19-11-21-43(30-39)48-33-49-46-28-27-42(41-26-25-35-13-7-8-18-38(35)29-41)32-52(46)57-53(49)47-24-10-9-23-45(47)48/h1-34H. The second-order valence-corrected chi connectivity index (χ2v) is 14.6. The van der Waals surface area contributed by atoms with E-state index in [-0.39, 0.29) is 0 Å². The number of benzene rings is 9. The van der Waals surface area contributed by atoms with E-state index in [9.17, 15) is 0 Å². The number of hydrogen-bond acceptors (Lipinski definition) is 3. The third-order valence-corrected chi connectivity index (χ3v) is 11.1. The molecule has 266 valence electrons. The fraction of sp³-hybridized carbons (Fsp3) is 0. The van der Waals surface area contributed by atoms with Crippen molar-refractivity contribution in [3.05, 3.63) is 206 Å². The van der Waals surface area contributed by atoms with Gasteiger partial charge in [0.25, 0.3) is 0 Å². The van der Waals surface area contributed by atoms with E-state index in [1.807, 2.05) is 36.4 Å². The number of fused-ring (bicyclic) bond motifs is 6. The Kier molecular flexibility index (Phi) is 7.82. The average molecular weight is 727 g/mol. The maximum atomic E-state index is 6.72. The van der Waals surface area contributed by atoms with Gasteiger partial charge in [-0.15, -0.1) is 0 Å². The summed E-state index contributed by atoms with van der Waals surface area (Å²) in [6, 6.07) is 72.8. The molecule has 0 radical (unpaired) electrons. The normalized spacial score (nSPS) is 11.5. The van der Waals surface area contributed by atoms with E-state index >= 15 is 0 Å². The van der Waals surface area contributed by atoms with E-state index in [1.165, 1.54) is 21.9 Å². The summed E-state index contributed by atoms with van der Waals surface area (Å²) in [5.41, 5.74) is 13.6. The molecule has 0 saturated heterocycles. The molecule has 11 aromatic rings. The Bertz CT molecular complexity index is 3230. The third-order valence-electron chi connectivity index (χ3n) is 11.1. The van der Waals surface area contributed by atoms with Crippen LogP contribution in [-0.4, -0.2) is 9.97 Å². The van der Waals surface area contributed by atoms with Crippen LogP contribution < -0.4 is 0 Å². The summed E-state index contributed by atoms with van der Waals surface area (Å²) < 4.78 is 6.72. The Labute approximate surface area is 330 Å². The van der Waals surface area contributed by atoms with Gasteiger partial charge in [-0.25, -0.2) is 9.97 Å². The van der Waals surface area contributed by atoms with Crippen LogP contribution in [0.25, 0.3) is 111 Å². The Morgan fingerprint density at radius 3 is 1.65 bits per heavy atom. The van der Waals surface area contributed by atoms with Crippen molar-refractivity contribution in [2.24, 2.45) is 0 Å². The summed E-state index contributed by atoms with van der Waals surface area (Å²) in [4.78, 5) is 10.1. The van der Waals surface area contributed by atoms with Crippen molar-refractivity contribution in [1.29, 1.82) is 0 Å². The van der Waals surface area contributed by atoms with E-state index in [2.05, 4.69) is 170 Å². The van der Waals surface area contributed by atoms with Crippen molar-refractivity contribution in [2.45, 2.75) is 0 Å². The fourth-order valence-electron chi connectivity index (χ4n) is 8.18. The van der Waals surface area contributed by atoms with Crippen molar-refractivity contribution in [3.63, 3.8) is 0 Å². The molecule has 0 amide bonds. The molecule has 0 saturated carbocycles. The lowest BCUT2D eigenvalue weighted by atomic mass is 9.92. The monoisotopic (exact) mass is 726 g/mol. The van der Waals surface area contributed by atoms with Crippen LogP contribution in [0.5, 0.6) is 0 Å². The largest absolute Gasteiger partial charge is 0.455 e. The molecule has 11 rings (SSSR count). The van der Waals surface area contributed by atoms with Gasteiger partial charge < -0.3 is 4.42 Å². The predicted molar refractivity (Wildman–Crippen MR) is 237 cm³/mol. The van der Waals surface area contributed by atoms with Crippen molar-refractivity contribution >= 4 is 43.5 Å². The summed E-state index contributed by atoms with van der Waals surface area (Å²) in [6.45, 7) is 0. The van der Waals surface area contributed by atoms with Gasteiger partial charge in [-0.2, -0.15) is 0 Å². The lowest BCUT2D eigenvalue weighted by molar-refractivity contribution is 0.673. The van der Waals surface area contributed by atoms with Crippen LogP contribution in [0.3, 0.4) is 0 Å². The predicted octanol–water partition coefficient (Wildman–Crippen LogP) is 14.7. The molecular weight excluding hydrogens is 693 g/mol. The molecule has 0 bridgehead atoms. The molecule has 0 N–H and O–H groups in total. The molecule has 0 unspecified atom stereocenters. The molecule has 2 aromatic heterocycles. The number of aromatic nitrogens is 2. The first-order valence-electron chi connectivity index (χ1n) is 19.3. The molecule has 2 heterocycles. The van der Waals surface area contributed by atoms with Crippen molar-refractivity contribution < 1.29 is 4.42 Å². The minimum absolute atomic E-state index is 0.707. The fourth-order valence-corrected chi connectivity index (χ4v) is 8.18. The Morgan fingerprint density at radius 2 is 0.860 bits per heavy atom. The summed E-state index contributed by atoms with van der Waals surface area (Å²) in [5.74, 6) is 0.707. The lowest BCUT2D eigenvalue weighted by Gasteiger charge is -2.12. The summed E-state index contributed by atoms with van der Waals surface area (Å²) in [5, 5.41) is 6.96. The second-order valence-electron chi connectivity index (χ2n) is 14.6. The van der Waals surface area contributed by atoms with E-state index in [1.54, 1.807) is 0 Å². The van der Waals surface area contributed by atoms with Crippen LogP contribution in [0.2, 0.25) is 0 Å². The van der Waals surface area contributed by atoms with Crippen LogP contribution in [0, 0.1) is 0 Å². The van der Waals surface area contributed by atoms with Crippen molar-refractivity contribution in [2.75, 3.05) is 0 Å². The average Bonchev–Trinajstić information content (AvgIpc) is 3.67. The number of furan rings is 1. The SMILES string of the molecule is c1ccc(-c2cc(-c3cccc(-c4cccc(-c5cc6c7ccc(-c8ccc9ccccc9c8)cc7oc6c6ccccc56)c4)c3)nc(-c3ccccc3)n2)cc1. The zero-order valence-electron chi connectivity index (χ0n) is 30.9. The molecule has 0 aliphatic carbocycles. The number of rotatable bonds is 6. The Hall–Kier alpha value is -7.62. The van der Waals surface area contributed by atoms with Gasteiger partial charge in [0.05, 0.1) is 11.4 Å². The summed E-state index contributed by atoms with van der Waals surface area (Å²) >= 11 is 0. The molecule has 3 nitrogen and oxygen atoms in total. The quantitative estimate of drug-likeness (QED) is 0.171. The van der Waals surface area contributed by atoms with E-state index in [0.717, 1.165) is 83.0 Å². The van der Waals surface area contributed by atoms with Crippen LogP contribution in [0.4, 0.5) is 0 Å². The summed E-state index contributed by atoms with van der Waals surface area (Å²) in [6.07, 6.45) is 0. The molecule has 9 aromatic carbocycles. The first-order valence-corrected chi connectivity index (χ1v) is 19.3. The maximum Gasteiger partial charge on any atom is 0.160 e. The van der Waals surface area contributed by atoms with Crippen LogP contribution >= 0.6 is 0 Å².